The molecule has 0 bridgehead atoms. The van der Waals surface area contributed by atoms with Gasteiger partial charge in [-0.05, 0) is 18.6 Å². The van der Waals surface area contributed by atoms with E-state index < -0.39 is 0 Å². The molecule has 3 nitrogen and oxygen atoms in total. The van der Waals surface area contributed by atoms with Crippen LogP contribution in [0, 0.1) is 0 Å². The summed E-state index contributed by atoms with van der Waals surface area (Å²) < 4.78 is 2.15. The number of aromatic nitrogens is 2. The first-order valence-electron chi connectivity index (χ1n) is 5.90. The van der Waals surface area contributed by atoms with E-state index in [9.17, 15) is 5.11 Å². The van der Waals surface area contributed by atoms with Crippen LogP contribution in [0.4, 0.5) is 0 Å². The van der Waals surface area contributed by atoms with Crippen molar-refractivity contribution in [3.63, 3.8) is 0 Å². The van der Waals surface area contributed by atoms with E-state index in [1.54, 1.807) is 6.20 Å². The number of nitrogens with zero attached hydrogens (tertiary/aromatic N) is 2. The number of fused-ring (bicyclic) bond motifs is 1. The molecule has 0 aliphatic rings. The van der Waals surface area contributed by atoms with Crippen molar-refractivity contribution in [2.45, 2.75) is 39.3 Å². The van der Waals surface area contributed by atoms with E-state index in [0.717, 1.165) is 23.1 Å². The zero-order valence-electron chi connectivity index (χ0n) is 9.69. The van der Waals surface area contributed by atoms with Crippen LogP contribution in [0.3, 0.4) is 0 Å². The minimum absolute atomic E-state index is 0.0863. The van der Waals surface area contributed by atoms with Gasteiger partial charge in [0, 0.05) is 29.9 Å². The Morgan fingerprint density at radius 2 is 2.25 bits per heavy atom. The highest BCUT2D eigenvalue weighted by Gasteiger charge is 2.07. The fourth-order valence-electron chi connectivity index (χ4n) is 2.02. The highest BCUT2D eigenvalue weighted by molar-refractivity contribution is 5.80. The summed E-state index contributed by atoms with van der Waals surface area (Å²) in [7, 11) is 0. The number of rotatable bonds is 5. The van der Waals surface area contributed by atoms with E-state index in [4.69, 9.17) is 0 Å². The van der Waals surface area contributed by atoms with Gasteiger partial charge in [0.1, 0.15) is 5.65 Å². The van der Waals surface area contributed by atoms with Gasteiger partial charge in [-0.15, -0.1) is 0 Å². The molecule has 0 spiro atoms. The topological polar surface area (TPSA) is 38.0 Å². The van der Waals surface area contributed by atoms with E-state index >= 15 is 0 Å². The van der Waals surface area contributed by atoms with Crippen LogP contribution in [0.15, 0.2) is 24.5 Å². The highest BCUT2D eigenvalue weighted by atomic mass is 16.3. The van der Waals surface area contributed by atoms with E-state index in [2.05, 4.69) is 16.5 Å². The van der Waals surface area contributed by atoms with Gasteiger partial charge < -0.3 is 9.67 Å². The maximum absolute atomic E-state index is 9.28. The van der Waals surface area contributed by atoms with Gasteiger partial charge >= 0.3 is 0 Å². The fraction of sp³-hybridized carbons (Fsp3) is 0.462. The Balaban J connectivity index is 2.30. The van der Waals surface area contributed by atoms with Crippen molar-refractivity contribution in [1.29, 1.82) is 0 Å². The molecule has 0 unspecified atom stereocenters. The second-order valence-corrected chi connectivity index (χ2v) is 4.09. The molecular formula is C13H18N2O. The molecular weight excluding hydrogens is 200 g/mol. The van der Waals surface area contributed by atoms with Crippen LogP contribution < -0.4 is 0 Å². The normalized spacial score (nSPS) is 11.1. The molecule has 2 heterocycles. The number of aliphatic hydroxyl groups excluding tert-OH is 1. The Kier molecular flexibility index (Phi) is 3.57. The lowest BCUT2D eigenvalue weighted by Crippen LogP contribution is -1.97. The molecule has 0 aromatic carbocycles. The molecule has 16 heavy (non-hydrogen) atoms. The molecule has 1 N–H and O–H groups in total. The summed E-state index contributed by atoms with van der Waals surface area (Å²) in [6, 6.07) is 3.93. The van der Waals surface area contributed by atoms with Gasteiger partial charge in [0.2, 0.25) is 0 Å². The van der Waals surface area contributed by atoms with Crippen molar-refractivity contribution < 1.29 is 5.11 Å². The van der Waals surface area contributed by atoms with Crippen molar-refractivity contribution >= 4 is 11.0 Å². The third-order valence-electron chi connectivity index (χ3n) is 2.89. The molecule has 2 aromatic rings. The molecule has 0 amide bonds. The molecule has 3 heteroatoms. The third-order valence-corrected chi connectivity index (χ3v) is 2.89. The van der Waals surface area contributed by atoms with Crippen LogP contribution in [0.2, 0.25) is 0 Å². The Morgan fingerprint density at radius 3 is 3.00 bits per heavy atom. The molecule has 0 saturated heterocycles. The molecule has 0 fully saturated rings. The Morgan fingerprint density at radius 1 is 1.38 bits per heavy atom. The Hall–Kier alpha value is -1.35. The molecule has 86 valence electrons. The first-order chi connectivity index (χ1) is 7.86. The van der Waals surface area contributed by atoms with Crippen LogP contribution in [0.1, 0.15) is 31.7 Å². The summed E-state index contributed by atoms with van der Waals surface area (Å²) in [5.41, 5.74) is 1.96. The second-order valence-electron chi connectivity index (χ2n) is 4.09. The van der Waals surface area contributed by atoms with E-state index in [-0.39, 0.29) is 6.61 Å². The number of hydrogen-bond acceptors (Lipinski definition) is 2. The second kappa shape index (κ2) is 5.12. The summed E-state index contributed by atoms with van der Waals surface area (Å²) >= 11 is 0. The summed E-state index contributed by atoms with van der Waals surface area (Å²) in [4.78, 5) is 4.38. The maximum atomic E-state index is 9.28. The SMILES string of the molecule is CCCCCn1cc(CO)c2cccnc21. The van der Waals surface area contributed by atoms with Crippen molar-refractivity contribution in [1.82, 2.24) is 9.55 Å². The van der Waals surface area contributed by atoms with Crippen molar-refractivity contribution in [2.24, 2.45) is 0 Å². The molecule has 0 radical (unpaired) electrons. The fourth-order valence-corrected chi connectivity index (χ4v) is 2.02. The molecule has 0 saturated carbocycles. The van der Waals surface area contributed by atoms with Gasteiger partial charge in [0.05, 0.1) is 6.61 Å². The summed E-state index contributed by atoms with van der Waals surface area (Å²) in [5, 5.41) is 10.4. The summed E-state index contributed by atoms with van der Waals surface area (Å²) in [6.45, 7) is 3.27. The number of aliphatic hydroxyl groups is 1. The van der Waals surface area contributed by atoms with Gasteiger partial charge in [-0.3, -0.25) is 0 Å². The van der Waals surface area contributed by atoms with Crippen LogP contribution >= 0.6 is 0 Å². The zero-order valence-corrected chi connectivity index (χ0v) is 9.69. The monoisotopic (exact) mass is 218 g/mol. The van der Waals surface area contributed by atoms with Crippen molar-refractivity contribution in [3.8, 4) is 0 Å². The Labute approximate surface area is 95.7 Å². The third kappa shape index (κ3) is 2.09. The number of hydrogen-bond donors (Lipinski definition) is 1. The van der Waals surface area contributed by atoms with Gasteiger partial charge in [0.25, 0.3) is 0 Å². The lowest BCUT2D eigenvalue weighted by atomic mass is 10.2. The van der Waals surface area contributed by atoms with Crippen LogP contribution in [0.5, 0.6) is 0 Å². The summed E-state index contributed by atoms with van der Waals surface area (Å²) in [5.74, 6) is 0. The first-order valence-corrected chi connectivity index (χ1v) is 5.90. The lowest BCUT2D eigenvalue weighted by molar-refractivity contribution is 0.283. The standard InChI is InChI=1S/C13H18N2O/c1-2-3-4-8-15-9-11(10-16)12-6-5-7-14-13(12)15/h5-7,9,16H,2-4,8,10H2,1H3. The minimum Gasteiger partial charge on any atom is -0.392 e. The Bertz CT molecular complexity index is 462. The predicted molar refractivity (Wildman–Crippen MR) is 65.2 cm³/mol. The highest BCUT2D eigenvalue weighted by Crippen LogP contribution is 2.19. The van der Waals surface area contributed by atoms with Crippen LogP contribution in [0.25, 0.3) is 11.0 Å². The molecule has 0 aliphatic carbocycles. The van der Waals surface area contributed by atoms with Gasteiger partial charge in [-0.25, -0.2) is 4.98 Å². The molecule has 0 aliphatic heterocycles. The molecule has 2 rings (SSSR count). The lowest BCUT2D eigenvalue weighted by Gasteiger charge is -2.02. The smallest absolute Gasteiger partial charge is 0.140 e. The van der Waals surface area contributed by atoms with Crippen molar-refractivity contribution in [3.05, 3.63) is 30.1 Å². The van der Waals surface area contributed by atoms with E-state index in [0.29, 0.717) is 0 Å². The van der Waals surface area contributed by atoms with E-state index in [1.807, 2.05) is 18.3 Å². The van der Waals surface area contributed by atoms with Crippen LogP contribution in [-0.2, 0) is 13.2 Å². The minimum atomic E-state index is 0.0863. The number of aryl methyl sites for hydroxylation is 1. The van der Waals surface area contributed by atoms with Gasteiger partial charge in [-0.2, -0.15) is 0 Å². The van der Waals surface area contributed by atoms with Gasteiger partial charge in [-0.1, -0.05) is 19.8 Å². The quantitative estimate of drug-likeness (QED) is 0.783. The van der Waals surface area contributed by atoms with Crippen molar-refractivity contribution in [2.75, 3.05) is 0 Å². The molecule has 0 atom stereocenters. The zero-order chi connectivity index (χ0) is 11.4. The molecule has 2 aromatic heterocycles. The summed E-state index contributed by atoms with van der Waals surface area (Å²) in [6.07, 6.45) is 7.45. The average Bonchev–Trinajstić information content (AvgIpc) is 2.68. The van der Waals surface area contributed by atoms with Crippen LogP contribution in [-0.4, -0.2) is 14.7 Å². The average molecular weight is 218 g/mol. The van der Waals surface area contributed by atoms with E-state index in [1.165, 1.54) is 19.3 Å². The number of pyridine rings is 1. The van der Waals surface area contributed by atoms with Gasteiger partial charge in [0.15, 0.2) is 0 Å². The first kappa shape index (κ1) is 11.1. The largest absolute Gasteiger partial charge is 0.392 e. The predicted octanol–water partition coefficient (Wildman–Crippen LogP) is 2.72. The number of unbranched alkanes of at least 4 members (excludes halogenated alkanes) is 2. The maximum Gasteiger partial charge on any atom is 0.140 e.